The molecule has 1 N–H and O–H groups in total. The molecule has 0 radical (unpaired) electrons. The number of nitriles is 1. The fourth-order valence-electron chi connectivity index (χ4n) is 1.73. The summed E-state index contributed by atoms with van der Waals surface area (Å²) in [6.07, 6.45) is 2.71. The second-order valence-electron chi connectivity index (χ2n) is 4.03. The van der Waals surface area contributed by atoms with Crippen molar-refractivity contribution in [3.05, 3.63) is 0 Å². The van der Waals surface area contributed by atoms with Crippen LogP contribution < -0.4 is 5.32 Å². The van der Waals surface area contributed by atoms with Gasteiger partial charge in [-0.2, -0.15) is 5.26 Å². The zero-order valence-electron chi connectivity index (χ0n) is 8.20. The van der Waals surface area contributed by atoms with Crippen LogP contribution in [0.2, 0.25) is 0 Å². The number of nitrogens with one attached hydrogen (secondary N) is 1. The van der Waals surface area contributed by atoms with E-state index in [-0.39, 0.29) is 11.8 Å². The monoisotopic (exact) mass is 193 g/mol. The largest absolute Gasteiger partial charge is 0.338 e. The first-order valence-electron chi connectivity index (χ1n) is 5.21. The summed E-state index contributed by atoms with van der Waals surface area (Å²) in [6.45, 7) is 2.25. The number of carbonyl (C=O) groups is 1. The number of carbonyl (C=O) groups excluding carboxylic acids is 1. The van der Waals surface area contributed by atoms with Gasteiger partial charge in [0.15, 0.2) is 0 Å². The Hall–Kier alpha value is -1.08. The molecule has 0 bridgehead atoms. The molecule has 1 aliphatic heterocycles. The van der Waals surface area contributed by atoms with Gasteiger partial charge in [0.05, 0.1) is 18.4 Å². The molecule has 1 heterocycles. The van der Waals surface area contributed by atoms with E-state index in [4.69, 9.17) is 5.26 Å². The summed E-state index contributed by atoms with van der Waals surface area (Å²) >= 11 is 0. The minimum absolute atomic E-state index is 0.175. The second kappa shape index (κ2) is 3.97. The van der Waals surface area contributed by atoms with Crippen LogP contribution in [0.4, 0.5) is 0 Å². The van der Waals surface area contributed by atoms with Gasteiger partial charge in [-0.1, -0.05) is 0 Å². The predicted molar refractivity (Wildman–Crippen MR) is 51.3 cm³/mol. The van der Waals surface area contributed by atoms with Crippen molar-refractivity contribution < 1.29 is 4.79 Å². The Bertz CT molecular complexity index is 263. The minimum Gasteiger partial charge on any atom is -0.338 e. The molecule has 14 heavy (non-hydrogen) atoms. The molecule has 1 amide bonds. The van der Waals surface area contributed by atoms with Crippen LogP contribution in [0, 0.1) is 17.2 Å². The molecule has 0 spiro atoms. The van der Waals surface area contributed by atoms with E-state index in [1.807, 2.05) is 4.90 Å². The van der Waals surface area contributed by atoms with Crippen LogP contribution in [0.3, 0.4) is 0 Å². The van der Waals surface area contributed by atoms with Gasteiger partial charge in [0.1, 0.15) is 0 Å². The van der Waals surface area contributed by atoms with Crippen LogP contribution in [-0.2, 0) is 4.79 Å². The van der Waals surface area contributed by atoms with Crippen molar-refractivity contribution in [1.29, 1.82) is 5.26 Å². The molecule has 1 saturated carbocycles. The molecule has 1 aliphatic carbocycles. The smallest absolute Gasteiger partial charge is 0.228 e. The SMILES string of the molecule is N#CCCN(C(=O)C1CNC1)C1CC1. The molecule has 0 aromatic rings. The Morgan fingerprint density at radius 3 is 2.64 bits per heavy atom. The maximum atomic E-state index is 11.9. The van der Waals surface area contributed by atoms with Gasteiger partial charge in [-0.05, 0) is 12.8 Å². The van der Waals surface area contributed by atoms with Crippen LogP contribution in [0.5, 0.6) is 0 Å². The minimum atomic E-state index is 0.175. The second-order valence-corrected chi connectivity index (χ2v) is 4.03. The number of amides is 1. The van der Waals surface area contributed by atoms with Crippen LogP contribution in [0.15, 0.2) is 0 Å². The highest BCUT2D eigenvalue weighted by Gasteiger charge is 2.37. The van der Waals surface area contributed by atoms with E-state index in [0.29, 0.717) is 19.0 Å². The summed E-state index contributed by atoms with van der Waals surface area (Å²) in [5.41, 5.74) is 0. The van der Waals surface area contributed by atoms with Crippen LogP contribution in [0.25, 0.3) is 0 Å². The molecular formula is C10H15N3O. The van der Waals surface area contributed by atoms with E-state index >= 15 is 0 Å². The van der Waals surface area contributed by atoms with Crippen molar-refractivity contribution in [2.45, 2.75) is 25.3 Å². The Morgan fingerprint density at radius 1 is 1.50 bits per heavy atom. The maximum absolute atomic E-state index is 11.9. The molecular weight excluding hydrogens is 178 g/mol. The first-order valence-corrected chi connectivity index (χ1v) is 5.21. The summed E-state index contributed by atoms with van der Waals surface area (Å²) < 4.78 is 0. The molecule has 4 heteroatoms. The average molecular weight is 193 g/mol. The molecule has 0 atom stereocenters. The number of hydrogen-bond acceptors (Lipinski definition) is 3. The molecule has 0 aromatic heterocycles. The lowest BCUT2D eigenvalue weighted by Crippen LogP contribution is -2.52. The van der Waals surface area contributed by atoms with Crippen molar-refractivity contribution in [3.8, 4) is 6.07 Å². The molecule has 2 fully saturated rings. The van der Waals surface area contributed by atoms with Crippen LogP contribution in [0.1, 0.15) is 19.3 Å². The normalized spacial score (nSPS) is 21.1. The fourth-order valence-corrected chi connectivity index (χ4v) is 1.73. The molecule has 76 valence electrons. The van der Waals surface area contributed by atoms with Gasteiger partial charge < -0.3 is 10.2 Å². The summed E-state index contributed by atoms with van der Waals surface area (Å²) in [4.78, 5) is 13.8. The van der Waals surface area contributed by atoms with Crippen molar-refractivity contribution >= 4 is 5.91 Å². The van der Waals surface area contributed by atoms with Gasteiger partial charge in [-0.15, -0.1) is 0 Å². The lowest BCUT2D eigenvalue weighted by Gasteiger charge is -2.32. The van der Waals surface area contributed by atoms with E-state index < -0.39 is 0 Å². The van der Waals surface area contributed by atoms with Gasteiger partial charge in [-0.3, -0.25) is 4.79 Å². The quantitative estimate of drug-likeness (QED) is 0.689. The molecule has 1 saturated heterocycles. The average Bonchev–Trinajstić information content (AvgIpc) is 2.85. The van der Waals surface area contributed by atoms with Gasteiger partial charge in [0.2, 0.25) is 5.91 Å². The number of nitrogens with zero attached hydrogens (tertiary/aromatic N) is 2. The lowest BCUT2D eigenvalue weighted by molar-refractivity contribution is -0.137. The summed E-state index contributed by atoms with van der Waals surface area (Å²) in [7, 11) is 0. The maximum Gasteiger partial charge on any atom is 0.228 e. The van der Waals surface area contributed by atoms with Gasteiger partial charge in [0.25, 0.3) is 0 Å². The highest BCUT2D eigenvalue weighted by Crippen LogP contribution is 2.28. The van der Waals surface area contributed by atoms with Crippen molar-refractivity contribution in [1.82, 2.24) is 10.2 Å². The van der Waals surface area contributed by atoms with Crippen molar-refractivity contribution in [3.63, 3.8) is 0 Å². The third-order valence-electron chi connectivity index (χ3n) is 2.87. The first-order chi connectivity index (χ1) is 6.83. The molecule has 4 nitrogen and oxygen atoms in total. The zero-order valence-corrected chi connectivity index (χ0v) is 8.20. The lowest BCUT2D eigenvalue weighted by atomic mass is 10.0. The Labute approximate surface area is 83.9 Å². The van der Waals surface area contributed by atoms with Crippen LogP contribution in [-0.4, -0.2) is 36.5 Å². The van der Waals surface area contributed by atoms with Gasteiger partial charge in [-0.25, -0.2) is 0 Å². The zero-order chi connectivity index (χ0) is 9.97. The highest BCUT2D eigenvalue weighted by molar-refractivity contribution is 5.80. The molecule has 0 unspecified atom stereocenters. The predicted octanol–water partition coefficient (Wildman–Crippen LogP) is 0.110. The van der Waals surface area contributed by atoms with E-state index in [9.17, 15) is 4.79 Å². The standard InChI is InChI=1S/C10H15N3O/c11-4-1-5-13(9-2-3-9)10(14)8-6-12-7-8/h8-9,12H,1-3,5-7H2. The number of rotatable bonds is 4. The van der Waals surface area contributed by atoms with E-state index in [1.165, 1.54) is 0 Å². The topological polar surface area (TPSA) is 56.1 Å². The summed E-state index contributed by atoms with van der Waals surface area (Å²) in [5, 5.41) is 11.6. The van der Waals surface area contributed by atoms with Gasteiger partial charge in [0, 0.05) is 25.7 Å². The van der Waals surface area contributed by atoms with E-state index in [0.717, 1.165) is 25.9 Å². The number of hydrogen-bond donors (Lipinski definition) is 1. The Kier molecular flexibility index (Phi) is 2.69. The molecule has 2 aliphatic rings. The van der Waals surface area contributed by atoms with Crippen LogP contribution >= 0.6 is 0 Å². The van der Waals surface area contributed by atoms with Crippen molar-refractivity contribution in [2.24, 2.45) is 5.92 Å². The molecule has 2 rings (SSSR count). The summed E-state index contributed by atoms with van der Waals surface area (Å²) in [6, 6.07) is 2.54. The first kappa shape index (κ1) is 9.47. The van der Waals surface area contributed by atoms with E-state index in [2.05, 4.69) is 11.4 Å². The third-order valence-corrected chi connectivity index (χ3v) is 2.87. The van der Waals surface area contributed by atoms with E-state index in [1.54, 1.807) is 0 Å². The van der Waals surface area contributed by atoms with Crippen molar-refractivity contribution in [2.75, 3.05) is 19.6 Å². The fraction of sp³-hybridized carbons (Fsp3) is 0.800. The Balaban J connectivity index is 1.88. The molecule has 0 aromatic carbocycles. The summed E-state index contributed by atoms with van der Waals surface area (Å²) in [5.74, 6) is 0.427. The third kappa shape index (κ3) is 1.88. The van der Waals surface area contributed by atoms with Gasteiger partial charge >= 0.3 is 0 Å². The highest BCUT2D eigenvalue weighted by atomic mass is 16.2. The Morgan fingerprint density at radius 2 is 2.21 bits per heavy atom.